The third kappa shape index (κ3) is 1.25. The number of benzene rings is 1. The van der Waals surface area contributed by atoms with Crippen LogP contribution in [0.2, 0.25) is 0 Å². The molecule has 2 saturated carbocycles. The summed E-state index contributed by atoms with van der Waals surface area (Å²) in [5, 5.41) is 9.29. The van der Waals surface area contributed by atoms with Gasteiger partial charge in [0.25, 0.3) is 0 Å². The topological polar surface area (TPSA) is 54.4 Å². The number of Topliss-reactive ketones (excluding diaryl/α,β-unsaturated/α-hetero) is 1. The molecule has 18 heavy (non-hydrogen) atoms. The molecule has 1 N–H and O–H groups in total. The van der Waals surface area contributed by atoms with Crippen LogP contribution in [0, 0.1) is 17.3 Å². The molecule has 94 valence electrons. The molecule has 2 fully saturated rings. The maximum absolute atomic E-state index is 12.2. The molecule has 3 heteroatoms. The molecule has 4 unspecified atom stereocenters. The molecule has 4 atom stereocenters. The lowest BCUT2D eigenvalue weighted by molar-refractivity contribution is -0.142. The second kappa shape index (κ2) is 3.67. The average Bonchev–Trinajstić information content (AvgIpc) is 2.99. The Bertz CT molecular complexity index is 508. The Balaban J connectivity index is 1.98. The molecule has 0 bridgehead atoms. The second-order valence-electron chi connectivity index (χ2n) is 5.38. The molecular weight excluding hydrogens is 228 g/mol. The van der Waals surface area contributed by atoms with Crippen LogP contribution in [0.15, 0.2) is 30.3 Å². The van der Waals surface area contributed by atoms with E-state index in [0.29, 0.717) is 12.8 Å². The number of carboxylic acids is 1. The number of hydrogen-bond acceptors (Lipinski definition) is 2. The van der Waals surface area contributed by atoms with E-state index in [0.717, 1.165) is 5.56 Å². The minimum Gasteiger partial charge on any atom is -0.481 e. The molecule has 0 saturated heterocycles. The van der Waals surface area contributed by atoms with Gasteiger partial charge in [0.2, 0.25) is 0 Å². The van der Waals surface area contributed by atoms with Crippen molar-refractivity contribution in [2.45, 2.75) is 25.7 Å². The van der Waals surface area contributed by atoms with Crippen LogP contribution in [0.4, 0.5) is 0 Å². The van der Waals surface area contributed by atoms with Crippen LogP contribution in [0.3, 0.4) is 0 Å². The minimum atomic E-state index is -0.809. The SMILES string of the molecule is CCC12C(=O)CC(c3ccccc3)C1C2C(=O)O. The molecule has 3 rings (SSSR count). The Morgan fingerprint density at radius 1 is 1.39 bits per heavy atom. The zero-order valence-electron chi connectivity index (χ0n) is 10.3. The van der Waals surface area contributed by atoms with E-state index in [1.165, 1.54) is 0 Å². The number of rotatable bonds is 3. The summed E-state index contributed by atoms with van der Waals surface area (Å²) < 4.78 is 0. The van der Waals surface area contributed by atoms with Gasteiger partial charge in [-0.25, -0.2) is 0 Å². The predicted molar refractivity (Wildman–Crippen MR) is 66.1 cm³/mol. The zero-order valence-corrected chi connectivity index (χ0v) is 10.3. The molecule has 0 radical (unpaired) electrons. The minimum absolute atomic E-state index is 0.00917. The smallest absolute Gasteiger partial charge is 0.307 e. The Labute approximate surface area is 106 Å². The first-order valence-corrected chi connectivity index (χ1v) is 6.44. The van der Waals surface area contributed by atoms with Crippen molar-refractivity contribution < 1.29 is 14.7 Å². The van der Waals surface area contributed by atoms with Crippen molar-refractivity contribution in [2.24, 2.45) is 17.3 Å². The Kier molecular flexibility index (Phi) is 2.34. The number of carbonyl (C=O) groups excluding carboxylic acids is 1. The lowest BCUT2D eigenvalue weighted by Crippen LogP contribution is -2.19. The molecule has 1 aromatic rings. The van der Waals surface area contributed by atoms with Gasteiger partial charge in [-0.3, -0.25) is 9.59 Å². The Hall–Kier alpha value is -1.64. The standard InChI is InChI=1S/C15H16O3/c1-2-15-11(16)8-10(9-6-4-3-5-7-9)12(15)13(15)14(17)18/h3-7,10,12-13H,2,8H2,1H3,(H,17,18). The number of aliphatic carboxylic acids is 1. The number of fused-ring (bicyclic) bond motifs is 1. The monoisotopic (exact) mass is 244 g/mol. The molecule has 1 aromatic carbocycles. The van der Waals surface area contributed by atoms with E-state index in [1.54, 1.807) is 0 Å². The van der Waals surface area contributed by atoms with Crippen molar-refractivity contribution in [2.75, 3.05) is 0 Å². The Morgan fingerprint density at radius 2 is 2.06 bits per heavy atom. The van der Waals surface area contributed by atoms with Crippen LogP contribution in [0.25, 0.3) is 0 Å². The first kappa shape index (κ1) is 11.5. The van der Waals surface area contributed by atoms with Crippen LogP contribution in [0.5, 0.6) is 0 Å². The quantitative estimate of drug-likeness (QED) is 0.888. The number of hydrogen-bond donors (Lipinski definition) is 1. The summed E-state index contributed by atoms with van der Waals surface area (Å²) in [6.45, 7) is 1.93. The average molecular weight is 244 g/mol. The largest absolute Gasteiger partial charge is 0.481 e. The second-order valence-corrected chi connectivity index (χ2v) is 5.38. The normalized spacial score (nSPS) is 37.4. The maximum atomic E-state index is 12.2. The number of carbonyl (C=O) groups is 2. The van der Waals surface area contributed by atoms with Crippen LogP contribution in [-0.4, -0.2) is 16.9 Å². The molecule has 0 spiro atoms. The van der Waals surface area contributed by atoms with E-state index in [4.69, 9.17) is 0 Å². The lowest BCUT2D eigenvalue weighted by atomic mass is 9.91. The fourth-order valence-corrected chi connectivity index (χ4v) is 3.99. The van der Waals surface area contributed by atoms with E-state index < -0.39 is 17.3 Å². The molecular formula is C15H16O3. The highest BCUT2D eigenvalue weighted by molar-refractivity contribution is 5.99. The summed E-state index contributed by atoms with van der Waals surface area (Å²) in [7, 11) is 0. The first-order valence-electron chi connectivity index (χ1n) is 6.44. The molecule has 3 nitrogen and oxygen atoms in total. The van der Waals surface area contributed by atoms with Gasteiger partial charge in [0, 0.05) is 11.8 Å². The molecule has 0 aromatic heterocycles. The lowest BCUT2D eigenvalue weighted by Gasteiger charge is -2.12. The van der Waals surface area contributed by atoms with Gasteiger partial charge >= 0.3 is 5.97 Å². The van der Waals surface area contributed by atoms with Crippen LogP contribution in [0.1, 0.15) is 31.2 Å². The third-order valence-corrected chi connectivity index (χ3v) is 4.84. The van der Waals surface area contributed by atoms with E-state index in [1.807, 2.05) is 37.3 Å². The third-order valence-electron chi connectivity index (χ3n) is 4.84. The fraction of sp³-hybridized carbons (Fsp3) is 0.467. The summed E-state index contributed by atoms with van der Waals surface area (Å²) in [4.78, 5) is 23.5. The van der Waals surface area contributed by atoms with Gasteiger partial charge in [-0.2, -0.15) is 0 Å². The molecule has 2 aliphatic carbocycles. The summed E-state index contributed by atoms with van der Waals surface area (Å²) in [6.07, 6.45) is 1.16. The van der Waals surface area contributed by atoms with E-state index in [9.17, 15) is 14.7 Å². The molecule has 0 aliphatic heterocycles. The van der Waals surface area contributed by atoms with Gasteiger partial charge < -0.3 is 5.11 Å². The molecule has 2 aliphatic rings. The van der Waals surface area contributed by atoms with Crippen molar-refractivity contribution in [3.63, 3.8) is 0 Å². The molecule has 0 amide bonds. The van der Waals surface area contributed by atoms with Crippen LogP contribution >= 0.6 is 0 Å². The van der Waals surface area contributed by atoms with E-state index >= 15 is 0 Å². The molecule has 0 heterocycles. The summed E-state index contributed by atoms with van der Waals surface area (Å²) in [6, 6.07) is 9.84. The first-order chi connectivity index (χ1) is 8.63. The van der Waals surface area contributed by atoms with Gasteiger partial charge in [0.15, 0.2) is 0 Å². The van der Waals surface area contributed by atoms with Crippen molar-refractivity contribution in [3.05, 3.63) is 35.9 Å². The fourth-order valence-electron chi connectivity index (χ4n) is 3.99. The summed E-state index contributed by atoms with van der Waals surface area (Å²) in [5.41, 5.74) is 0.543. The maximum Gasteiger partial charge on any atom is 0.307 e. The summed E-state index contributed by atoms with van der Waals surface area (Å²) in [5.74, 6) is -1.02. The van der Waals surface area contributed by atoms with Crippen LogP contribution < -0.4 is 0 Å². The highest BCUT2D eigenvalue weighted by Gasteiger charge is 2.77. The predicted octanol–water partition coefficient (Wildman–Crippen LogP) is 2.47. The van der Waals surface area contributed by atoms with Gasteiger partial charge in [-0.15, -0.1) is 0 Å². The van der Waals surface area contributed by atoms with E-state index in [2.05, 4.69) is 0 Å². The van der Waals surface area contributed by atoms with Crippen molar-refractivity contribution >= 4 is 11.8 Å². The Morgan fingerprint density at radius 3 is 2.56 bits per heavy atom. The highest BCUT2D eigenvalue weighted by Crippen LogP contribution is 2.72. The summed E-state index contributed by atoms with van der Waals surface area (Å²) >= 11 is 0. The van der Waals surface area contributed by atoms with Crippen molar-refractivity contribution in [3.8, 4) is 0 Å². The van der Waals surface area contributed by atoms with Crippen molar-refractivity contribution in [1.82, 2.24) is 0 Å². The van der Waals surface area contributed by atoms with E-state index in [-0.39, 0.29) is 17.6 Å². The van der Waals surface area contributed by atoms with Gasteiger partial charge in [-0.1, -0.05) is 37.3 Å². The number of carboxylic acid groups (broad SMARTS) is 1. The van der Waals surface area contributed by atoms with Crippen molar-refractivity contribution in [1.29, 1.82) is 0 Å². The number of ketones is 1. The van der Waals surface area contributed by atoms with Crippen LogP contribution in [-0.2, 0) is 9.59 Å². The highest BCUT2D eigenvalue weighted by atomic mass is 16.4. The van der Waals surface area contributed by atoms with Gasteiger partial charge in [0.05, 0.1) is 5.92 Å². The van der Waals surface area contributed by atoms with Gasteiger partial charge in [-0.05, 0) is 23.8 Å². The van der Waals surface area contributed by atoms with Gasteiger partial charge in [0.1, 0.15) is 5.78 Å². The zero-order chi connectivity index (χ0) is 12.9.